The van der Waals surface area contributed by atoms with E-state index in [0.717, 1.165) is 18.3 Å². The number of benzene rings is 1. The van der Waals surface area contributed by atoms with E-state index < -0.39 is 11.7 Å². The lowest BCUT2D eigenvalue weighted by Gasteiger charge is -2.13. The van der Waals surface area contributed by atoms with Crippen LogP contribution in [0.5, 0.6) is 11.8 Å². The van der Waals surface area contributed by atoms with Crippen molar-refractivity contribution in [2.75, 3.05) is 0 Å². The van der Waals surface area contributed by atoms with Gasteiger partial charge in [-0.25, -0.2) is 9.97 Å². The molecule has 0 aliphatic heterocycles. The van der Waals surface area contributed by atoms with E-state index in [1.807, 2.05) is 6.07 Å². The molecule has 9 heteroatoms. The van der Waals surface area contributed by atoms with Crippen molar-refractivity contribution < 1.29 is 17.9 Å². The summed E-state index contributed by atoms with van der Waals surface area (Å²) in [6, 6.07) is 8.02. The second-order valence-corrected chi connectivity index (χ2v) is 5.44. The van der Waals surface area contributed by atoms with Crippen molar-refractivity contribution in [2.45, 2.75) is 6.18 Å². The van der Waals surface area contributed by atoms with Crippen molar-refractivity contribution in [2.24, 2.45) is 0 Å². The Hall–Kier alpha value is -3.18. The average Bonchev–Trinajstić information content (AvgIpc) is 2.63. The van der Waals surface area contributed by atoms with E-state index >= 15 is 0 Å². The van der Waals surface area contributed by atoms with Gasteiger partial charge in [-0.3, -0.25) is 4.98 Å². The standard InChI is InChI=1S/C17H8ClF3N4O/c18-12-8-24-16(25-9-12)26-14-3-1-2-10(7-22)15(14)13-6-11(4-5-23-13)17(19,20)21/h1-6,8-9H. The van der Waals surface area contributed by atoms with Crippen molar-refractivity contribution in [3.8, 4) is 29.1 Å². The van der Waals surface area contributed by atoms with E-state index in [0.29, 0.717) is 5.02 Å². The van der Waals surface area contributed by atoms with Gasteiger partial charge in [-0.15, -0.1) is 0 Å². The first-order valence-corrected chi connectivity index (χ1v) is 7.48. The fraction of sp³-hybridized carbons (Fsp3) is 0.0588. The number of nitrogens with zero attached hydrogens (tertiary/aromatic N) is 4. The van der Waals surface area contributed by atoms with Gasteiger partial charge in [0, 0.05) is 6.20 Å². The van der Waals surface area contributed by atoms with E-state index in [-0.39, 0.29) is 28.6 Å². The van der Waals surface area contributed by atoms with Gasteiger partial charge in [0.15, 0.2) is 0 Å². The van der Waals surface area contributed by atoms with Crippen LogP contribution in [0.15, 0.2) is 48.9 Å². The van der Waals surface area contributed by atoms with Crippen LogP contribution in [0.2, 0.25) is 5.02 Å². The Morgan fingerprint density at radius 2 is 1.81 bits per heavy atom. The molecule has 0 saturated carbocycles. The summed E-state index contributed by atoms with van der Waals surface area (Å²) in [5, 5.41) is 9.63. The lowest BCUT2D eigenvalue weighted by molar-refractivity contribution is -0.137. The number of halogens is 4. The number of alkyl halides is 3. The van der Waals surface area contributed by atoms with Crippen LogP contribution in [0.25, 0.3) is 11.3 Å². The summed E-state index contributed by atoms with van der Waals surface area (Å²) in [6.07, 6.45) is -0.908. The maximum atomic E-state index is 13.0. The number of aromatic nitrogens is 3. The largest absolute Gasteiger partial charge is 0.424 e. The summed E-state index contributed by atoms with van der Waals surface area (Å²) in [5.74, 6) is 0.0956. The first kappa shape index (κ1) is 17.6. The Bertz CT molecular complexity index is 985. The van der Waals surface area contributed by atoms with Crippen LogP contribution in [0.4, 0.5) is 13.2 Å². The lowest BCUT2D eigenvalue weighted by atomic mass is 10.0. The zero-order valence-electron chi connectivity index (χ0n) is 12.8. The maximum absolute atomic E-state index is 13.0. The molecule has 0 spiro atoms. The van der Waals surface area contributed by atoms with Gasteiger partial charge in [0.2, 0.25) is 0 Å². The molecule has 0 radical (unpaired) electrons. The SMILES string of the molecule is N#Cc1cccc(Oc2ncc(Cl)cn2)c1-c1cc(C(F)(F)F)ccn1. The Kier molecular flexibility index (Phi) is 4.73. The normalized spacial score (nSPS) is 11.0. The van der Waals surface area contributed by atoms with Gasteiger partial charge >= 0.3 is 12.2 Å². The number of hydrogen-bond donors (Lipinski definition) is 0. The van der Waals surface area contributed by atoms with Gasteiger partial charge in [0.25, 0.3) is 0 Å². The van der Waals surface area contributed by atoms with E-state index in [2.05, 4.69) is 15.0 Å². The number of hydrogen-bond acceptors (Lipinski definition) is 5. The molecule has 0 aliphatic rings. The van der Waals surface area contributed by atoms with Crippen LogP contribution in [-0.2, 0) is 6.18 Å². The zero-order valence-corrected chi connectivity index (χ0v) is 13.6. The van der Waals surface area contributed by atoms with Crippen LogP contribution in [0.1, 0.15) is 11.1 Å². The topological polar surface area (TPSA) is 71.7 Å². The first-order chi connectivity index (χ1) is 12.4. The molecular formula is C17H8ClF3N4O. The Labute approximate surface area is 150 Å². The molecule has 2 aromatic heterocycles. The molecule has 0 fully saturated rings. The highest BCUT2D eigenvalue weighted by molar-refractivity contribution is 6.30. The lowest BCUT2D eigenvalue weighted by Crippen LogP contribution is -2.05. The van der Waals surface area contributed by atoms with Crippen LogP contribution in [0.3, 0.4) is 0 Å². The monoisotopic (exact) mass is 376 g/mol. The highest BCUT2D eigenvalue weighted by Crippen LogP contribution is 2.37. The molecule has 3 aromatic rings. The second kappa shape index (κ2) is 6.98. The minimum Gasteiger partial charge on any atom is -0.424 e. The van der Waals surface area contributed by atoms with Crippen LogP contribution < -0.4 is 4.74 Å². The van der Waals surface area contributed by atoms with E-state index in [1.54, 1.807) is 0 Å². The van der Waals surface area contributed by atoms with E-state index in [4.69, 9.17) is 16.3 Å². The molecular weight excluding hydrogens is 369 g/mol. The number of ether oxygens (including phenoxy) is 1. The molecule has 0 unspecified atom stereocenters. The first-order valence-electron chi connectivity index (χ1n) is 7.10. The molecule has 5 nitrogen and oxygen atoms in total. The van der Waals surface area contributed by atoms with Gasteiger partial charge in [0.1, 0.15) is 5.75 Å². The van der Waals surface area contributed by atoms with Gasteiger partial charge in [-0.2, -0.15) is 18.4 Å². The molecule has 1 aromatic carbocycles. The van der Waals surface area contributed by atoms with Crippen molar-refractivity contribution in [3.63, 3.8) is 0 Å². The average molecular weight is 377 g/mol. The molecule has 0 atom stereocenters. The van der Waals surface area contributed by atoms with Crippen molar-refractivity contribution >= 4 is 11.6 Å². The van der Waals surface area contributed by atoms with E-state index in [1.165, 1.54) is 30.6 Å². The van der Waals surface area contributed by atoms with Crippen LogP contribution in [0, 0.1) is 11.3 Å². The second-order valence-electron chi connectivity index (χ2n) is 5.00. The van der Waals surface area contributed by atoms with Crippen LogP contribution in [-0.4, -0.2) is 15.0 Å². The molecule has 3 rings (SSSR count). The van der Waals surface area contributed by atoms with Crippen molar-refractivity contribution in [3.05, 3.63) is 65.1 Å². The summed E-state index contributed by atoms with van der Waals surface area (Å²) in [7, 11) is 0. The molecule has 0 N–H and O–H groups in total. The predicted octanol–water partition coefficient (Wildman–Crippen LogP) is 4.87. The highest BCUT2D eigenvalue weighted by atomic mass is 35.5. The summed E-state index contributed by atoms with van der Waals surface area (Å²) in [6.45, 7) is 0. The van der Waals surface area contributed by atoms with Crippen molar-refractivity contribution in [1.29, 1.82) is 5.26 Å². The third-order valence-corrected chi connectivity index (χ3v) is 3.48. The number of rotatable bonds is 3. The molecule has 0 bridgehead atoms. The minimum atomic E-state index is -4.54. The fourth-order valence-corrected chi connectivity index (χ4v) is 2.27. The quantitative estimate of drug-likeness (QED) is 0.651. The third kappa shape index (κ3) is 3.73. The Morgan fingerprint density at radius 1 is 1.08 bits per heavy atom. The fourth-order valence-electron chi connectivity index (χ4n) is 2.17. The molecule has 26 heavy (non-hydrogen) atoms. The third-order valence-electron chi connectivity index (χ3n) is 3.29. The van der Waals surface area contributed by atoms with Gasteiger partial charge < -0.3 is 4.74 Å². The summed E-state index contributed by atoms with van der Waals surface area (Å²) in [4.78, 5) is 11.7. The summed E-state index contributed by atoms with van der Waals surface area (Å²) < 4.78 is 44.5. The smallest absolute Gasteiger partial charge is 0.416 e. The molecule has 0 amide bonds. The Balaban J connectivity index is 2.12. The molecule has 2 heterocycles. The van der Waals surface area contributed by atoms with E-state index in [9.17, 15) is 18.4 Å². The van der Waals surface area contributed by atoms with Gasteiger partial charge in [-0.1, -0.05) is 17.7 Å². The molecule has 130 valence electrons. The number of nitriles is 1. The Morgan fingerprint density at radius 3 is 2.46 bits per heavy atom. The van der Waals surface area contributed by atoms with Gasteiger partial charge in [0.05, 0.1) is 45.9 Å². The van der Waals surface area contributed by atoms with Crippen molar-refractivity contribution in [1.82, 2.24) is 15.0 Å². The maximum Gasteiger partial charge on any atom is 0.416 e. The summed E-state index contributed by atoms with van der Waals surface area (Å²) >= 11 is 5.71. The number of pyridine rings is 1. The molecule has 0 saturated heterocycles. The highest BCUT2D eigenvalue weighted by Gasteiger charge is 2.31. The predicted molar refractivity (Wildman–Crippen MR) is 86.5 cm³/mol. The van der Waals surface area contributed by atoms with Gasteiger partial charge in [-0.05, 0) is 24.3 Å². The molecule has 0 aliphatic carbocycles. The minimum absolute atomic E-state index is 0.0547. The summed E-state index contributed by atoms with van der Waals surface area (Å²) in [5.41, 5.74) is -0.729. The van der Waals surface area contributed by atoms with Crippen LogP contribution >= 0.6 is 11.6 Å². The zero-order chi connectivity index (χ0) is 18.7.